The smallest absolute Gasteiger partial charge is 0.317 e. The Labute approximate surface area is 115 Å². The predicted octanol–water partition coefficient (Wildman–Crippen LogP) is 0.258. The summed E-state index contributed by atoms with van der Waals surface area (Å²) in [5.41, 5.74) is 5.78. The fraction of sp³-hybridized carbons (Fsp3) is 0.385. The van der Waals surface area contributed by atoms with Crippen LogP contribution in [-0.4, -0.2) is 54.0 Å². The van der Waals surface area contributed by atoms with Gasteiger partial charge in [-0.2, -0.15) is 0 Å². The van der Waals surface area contributed by atoms with E-state index >= 15 is 0 Å². The molecule has 1 aromatic carbocycles. The summed E-state index contributed by atoms with van der Waals surface area (Å²) in [7, 11) is 0. The quantitative estimate of drug-likeness (QED) is 0.723. The van der Waals surface area contributed by atoms with Gasteiger partial charge in [0.1, 0.15) is 5.82 Å². The maximum atomic E-state index is 13.8. The Bertz CT molecular complexity index is 577. The second-order valence-corrected chi connectivity index (χ2v) is 5.02. The molecule has 2 fully saturated rings. The first-order valence-corrected chi connectivity index (χ1v) is 6.45. The van der Waals surface area contributed by atoms with E-state index in [9.17, 15) is 14.0 Å². The molecule has 2 heterocycles. The number of nitrogens with one attached hydrogen (secondary N) is 1. The molecule has 6 nitrogen and oxygen atoms in total. The number of urea groups is 1. The van der Waals surface area contributed by atoms with Crippen molar-refractivity contribution in [2.75, 3.05) is 31.9 Å². The lowest BCUT2D eigenvalue weighted by molar-refractivity contribution is 0.0612. The Kier molecular flexibility index (Phi) is 2.96. The van der Waals surface area contributed by atoms with Crippen LogP contribution in [0.1, 0.15) is 10.4 Å². The number of carbonyl (C=O) groups is 2. The minimum atomic E-state index is -0.613. The van der Waals surface area contributed by atoms with Gasteiger partial charge in [-0.15, -0.1) is 0 Å². The van der Waals surface area contributed by atoms with E-state index in [0.29, 0.717) is 26.2 Å². The lowest BCUT2D eigenvalue weighted by Gasteiger charge is -2.36. The normalized spacial score (nSPS) is 21.6. The van der Waals surface area contributed by atoms with Crippen molar-refractivity contribution < 1.29 is 14.0 Å². The third-order valence-corrected chi connectivity index (χ3v) is 3.74. The molecule has 0 aromatic heterocycles. The molecule has 0 radical (unpaired) electrons. The summed E-state index contributed by atoms with van der Waals surface area (Å²) in [4.78, 5) is 27.1. The largest absolute Gasteiger partial charge is 0.399 e. The standard InChI is InChI=1S/C13H15FN4O2/c14-11-5-8(15)1-2-10(11)12(19)17-3-4-18-9(7-17)6-16-13(18)20/h1-2,5,9H,3-4,6-7,15H2,(H,16,20). The van der Waals surface area contributed by atoms with Crippen LogP contribution in [-0.2, 0) is 0 Å². The van der Waals surface area contributed by atoms with E-state index in [1.165, 1.54) is 12.1 Å². The molecule has 106 valence electrons. The number of nitrogen functional groups attached to an aromatic ring is 1. The minimum Gasteiger partial charge on any atom is -0.399 e. The van der Waals surface area contributed by atoms with Crippen LogP contribution in [0.2, 0.25) is 0 Å². The Morgan fingerprint density at radius 1 is 1.40 bits per heavy atom. The molecule has 7 heteroatoms. The Morgan fingerprint density at radius 3 is 2.95 bits per heavy atom. The first-order valence-electron chi connectivity index (χ1n) is 6.45. The number of carbonyl (C=O) groups excluding carboxylic acids is 2. The molecule has 1 atom stereocenters. The Hall–Kier alpha value is -2.31. The molecule has 0 bridgehead atoms. The molecule has 0 spiro atoms. The first-order chi connectivity index (χ1) is 9.56. The molecule has 0 saturated carbocycles. The van der Waals surface area contributed by atoms with E-state index in [1.807, 2.05) is 0 Å². The third kappa shape index (κ3) is 2.04. The van der Waals surface area contributed by atoms with Crippen LogP contribution in [0, 0.1) is 5.82 Å². The lowest BCUT2D eigenvalue weighted by Crippen LogP contribution is -2.53. The highest BCUT2D eigenvalue weighted by Crippen LogP contribution is 2.19. The van der Waals surface area contributed by atoms with Crippen LogP contribution in [0.3, 0.4) is 0 Å². The highest BCUT2D eigenvalue weighted by atomic mass is 19.1. The average molecular weight is 278 g/mol. The number of nitrogens with zero attached hydrogens (tertiary/aromatic N) is 2. The molecule has 2 aliphatic rings. The van der Waals surface area contributed by atoms with Gasteiger partial charge in [0, 0.05) is 31.9 Å². The van der Waals surface area contributed by atoms with Gasteiger partial charge in [-0.05, 0) is 18.2 Å². The van der Waals surface area contributed by atoms with Crippen LogP contribution in [0.5, 0.6) is 0 Å². The zero-order chi connectivity index (χ0) is 14.3. The number of hydrogen-bond donors (Lipinski definition) is 2. The fourth-order valence-corrected chi connectivity index (χ4v) is 2.66. The van der Waals surface area contributed by atoms with Crippen molar-refractivity contribution in [3.63, 3.8) is 0 Å². The Morgan fingerprint density at radius 2 is 2.20 bits per heavy atom. The average Bonchev–Trinajstić information content (AvgIpc) is 2.79. The van der Waals surface area contributed by atoms with Crippen molar-refractivity contribution in [3.8, 4) is 0 Å². The molecule has 2 aliphatic heterocycles. The highest BCUT2D eigenvalue weighted by molar-refractivity contribution is 5.95. The van der Waals surface area contributed by atoms with Gasteiger partial charge in [-0.25, -0.2) is 9.18 Å². The number of fused-ring (bicyclic) bond motifs is 1. The molecular formula is C13H15FN4O2. The Balaban J connectivity index is 1.77. The number of anilines is 1. The monoisotopic (exact) mass is 278 g/mol. The molecule has 3 amide bonds. The number of rotatable bonds is 1. The molecule has 0 aliphatic carbocycles. The zero-order valence-electron chi connectivity index (χ0n) is 10.8. The van der Waals surface area contributed by atoms with Crippen molar-refractivity contribution >= 4 is 17.6 Å². The molecule has 1 aromatic rings. The van der Waals surface area contributed by atoms with Gasteiger partial charge >= 0.3 is 6.03 Å². The van der Waals surface area contributed by atoms with E-state index < -0.39 is 5.82 Å². The van der Waals surface area contributed by atoms with E-state index in [0.717, 1.165) is 6.07 Å². The van der Waals surface area contributed by atoms with Crippen LogP contribution < -0.4 is 11.1 Å². The van der Waals surface area contributed by atoms with Gasteiger partial charge in [0.25, 0.3) is 5.91 Å². The van der Waals surface area contributed by atoms with Crippen LogP contribution in [0.4, 0.5) is 14.9 Å². The summed E-state index contributed by atoms with van der Waals surface area (Å²) < 4.78 is 13.8. The summed E-state index contributed by atoms with van der Waals surface area (Å²) in [6, 6.07) is 3.92. The second kappa shape index (κ2) is 4.66. The number of halogens is 1. The maximum absolute atomic E-state index is 13.8. The predicted molar refractivity (Wildman–Crippen MR) is 70.6 cm³/mol. The summed E-state index contributed by atoms with van der Waals surface area (Å²) in [6.45, 7) is 1.82. The highest BCUT2D eigenvalue weighted by Gasteiger charge is 2.37. The summed E-state index contributed by atoms with van der Waals surface area (Å²) in [5, 5.41) is 2.74. The molecule has 1 unspecified atom stereocenters. The molecule has 20 heavy (non-hydrogen) atoms. The number of nitrogens with two attached hydrogens (primary N) is 1. The summed E-state index contributed by atoms with van der Waals surface area (Å²) in [6.07, 6.45) is 0. The topological polar surface area (TPSA) is 78.7 Å². The minimum absolute atomic E-state index is 0.0185. The molecule has 2 saturated heterocycles. The van der Waals surface area contributed by atoms with Gasteiger partial charge in [0.15, 0.2) is 0 Å². The number of amides is 3. The van der Waals surface area contributed by atoms with Crippen LogP contribution in [0.25, 0.3) is 0 Å². The zero-order valence-corrected chi connectivity index (χ0v) is 10.8. The third-order valence-electron chi connectivity index (χ3n) is 3.74. The van der Waals surface area contributed by atoms with Gasteiger partial charge in [0.05, 0.1) is 11.6 Å². The van der Waals surface area contributed by atoms with E-state index in [-0.39, 0.29) is 29.2 Å². The molecular weight excluding hydrogens is 263 g/mol. The molecule has 3 rings (SSSR count). The van der Waals surface area contributed by atoms with E-state index in [1.54, 1.807) is 9.80 Å². The van der Waals surface area contributed by atoms with Gasteiger partial charge in [0.2, 0.25) is 0 Å². The maximum Gasteiger partial charge on any atom is 0.317 e. The number of piperazine rings is 1. The van der Waals surface area contributed by atoms with Crippen molar-refractivity contribution in [1.82, 2.24) is 15.1 Å². The van der Waals surface area contributed by atoms with Gasteiger partial charge in [-0.3, -0.25) is 4.79 Å². The SMILES string of the molecule is Nc1ccc(C(=O)N2CCN3C(=O)NCC3C2)c(F)c1. The summed E-state index contributed by atoms with van der Waals surface area (Å²) in [5.74, 6) is -0.973. The molecule has 3 N–H and O–H groups in total. The van der Waals surface area contributed by atoms with E-state index in [4.69, 9.17) is 5.73 Å². The van der Waals surface area contributed by atoms with E-state index in [2.05, 4.69) is 5.32 Å². The van der Waals surface area contributed by atoms with Crippen molar-refractivity contribution in [1.29, 1.82) is 0 Å². The van der Waals surface area contributed by atoms with Gasteiger partial charge < -0.3 is 20.9 Å². The number of benzene rings is 1. The van der Waals surface area contributed by atoms with Crippen molar-refractivity contribution in [2.45, 2.75) is 6.04 Å². The van der Waals surface area contributed by atoms with Crippen molar-refractivity contribution in [2.24, 2.45) is 0 Å². The summed E-state index contributed by atoms with van der Waals surface area (Å²) >= 11 is 0. The second-order valence-electron chi connectivity index (χ2n) is 5.02. The lowest BCUT2D eigenvalue weighted by atomic mass is 10.1. The number of hydrogen-bond acceptors (Lipinski definition) is 3. The van der Waals surface area contributed by atoms with Crippen LogP contribution in [0.15, 0.2) is 18.2 Å². The fourth-order valence-electron chi connectivity index (χ4n) is 2.66. The van der Waals surface area contributed by atoms with Crippen LogP contribution >= 0.6 is 0 Å². The first kappa shape index (κ1) is 12.7. The van der Waals surface area contributed by atoms with Crippen molar-refractivity contribution in [3.05, 3.63) is 29.6 Å². The van der Waals surface area contributed by atoms with Gasteiger partial charge in [-0.1, -0.05) is 0 Å².